The predicted octanol–water partition coefficient (Wildman–Crippen LogP) is 0.928. The lowest BCUT2D eigenvalue weighted by molar-refractivity contribution is -0.151. The number of carbonyl (C=O) groups excluding carboxylic acids is 1. The SMILES string of the molecule is CC1=C2CC3(CC2CN(C)C1=O)OCCO3. The molecule has 4 heteroatoms. The Morgan fingerprint density at radius 1 is 1.38 bits per heavy atom. The summed E-state index contributed by atoms with van der Waals surface area (Å²) in [6.45, 7) is 4.10. The van der Waals surface area contributed by atoms with Gasteiger partial charge in [0, 0.05) is 37.9 Å². The molecule has 1 atom stereocenters. The summed E-state index contributed by atoms with van der Waals surface area (Å²) in [5.74, 6) is 0.175. The molecule has 1 saturated heterocycles. The summed E-state index contributed by atoms with van der Waals surface area (Å²) < 4.78 is 11.5. The van der Waals surface area contributed by atoms with Gasteiger partial charge in [-0.1, -0.05) is 5.57 Å². The van der Waals surface area contributed by atoms with Crippen molar-refractivity contribution in [3.8, 4) is 0 Å². The van der Waals surface area contributed by atoms with E-state index in [0.717, 1.165) is 25.0 Å². The lowest BCUT2D eigenvalue weighted by Gasteiger charge is -2.28. The van der Waals surface area contributed by atoms with E-state index in [-0.39, 0.29) is 5.91 Å². The van der Waals surface area contributed by atoms with Crippen molar-refractivity contribution in [1.29, 1.82) is 0 Å². The smallest absolute Gasteiger partial charge is 0.249 e. The van der Waals surface area contributed by atoms with Crippen LogP contribution in [0.25, 0.3) is 0 Å². The van der Waals surface area contributed by atoms with Gasteiger partial charge in [0.25, 0.3) is 0 Å². The fourth-order valence-corrected chi connectivity index (χ4v) is 3.17. The molecule has 1 spiro atoms. The number of hydrogen-bond acceptors (Lipinski definition) is 3. The number of rotatable bonds is 0. The van der Waals surface area contributed by atoms with E-state index in [0.29, 0.717) is 19.1 Å². The highest BCUT2D eigenvalue weighted by Crippen LogP contribution is 2.47. The van der Waals surface area contributed by atoms with Crippen molar-refractivity contribution in [3.63, 3.8) is 0 Å². The fourth-order valence-electron chi connectivity index (χ4n) is 3.17. The summed E-state index contributed by atoms with van der Waals surface area (Å²) >= 11 is 0. The quantitative estimate of drug-likeness (QED) is 0.613. The number of fused-ring (bicyclic) bond motifs is 1. The van der Waals surface area contributed by atoms with E-state index in [9.17, 15) is 4.79 Å². The van der Waals surface area contributed by atoms with E-state index in [1.54, 1.807) is 4.90 Å². The van der Waals surface area contributed by atoms with E-state index in [1.807, 2.05) is 14.0 Å². The summed E-state index contributed by atoms with van der Waals surface area (Å²) in [5.41, 5.74) is 2.15. The Morgan fingerprint density at radius 2 is 2.06 bits per heavy atom. The fraction of sp³-hybridized carbons (Fsp3) is 0.750. The van der Waals surface area contributed by atoms with Crippen molar-refractivity contribution in [2.45, 2.75) is 25.6 Å². The van der Waals surface area contributed by atoms with Crippen LogP contribution in [-0.2, 0) is 14.3 Å². The average Bonchev–Trinajstić information content (AvgIpc) is 2.84. The van der Waals surface area contributed by atoms with Crippen LogP contribution in [0.3, 0.4) is 0 Å². The van der Waals surface area contributed by atoms with Gasteiger partial charge in [-0.15, -0.1) is 0 Å². The zero-order chi connectivity index (χ0) is 11.3. The van der Waals surface area contributed by atoms with Gasteiger partial charge in [0.2, 0.25) is 5.91 Å². The van der Waals surface area contributed by atoms with Crippen LogP contribution in [0.1, 0.15) is 19.8 Å². The van der Waals surface area contributed by atoms with Gasteiger partial charge in [-0.05, 0) is 6.92 Å². The Balaban J connectivity index is 1.93. The Labute approximate surface area is 95.2 Å². The van der Waals surface area contributed by atoms with Crippen molar-refractivity contribution >= 4 is 5.91 Å². The second-order valence-corrected chi connectivity index (χ2v) is 5.02. The maximum Gasteiger partial charge on any atom is 0.249 e. The van der Waals surface area contributed by atoms with Crippen molar-refractivity contribution < 1.29 is 14.3 Å². The summed E-state index contributed by atoms with van der Waals surface area (Å²) in [6.07, 6.45) is 1.68. The molecular formula is C12H17NO3. The molecule has 0 bridgehead atoms. The van der Waals surface area contributed by atoms with Gasteiger partial charge >= 0.3 is 0 Å². The molecule has 0 aromatic carbocycles. The topological polar surface area (TPSA) is 38.8 Å². The summed E-state index contributed by atoms with van der Waals surface area (Å²) in [4.78, 5) is 13.7. The van der Waals surface area contributed by atoms with Gasteiger partial charge < -0.3 is 14.4 Å². The molecule has 88 valence electrons. The van der Waals surface area contributed by atoms with Gasteiger partial charge in [-0.25, -0.2) is 0 Å². The summed E-state index contributed by atoms with van der Waals surface area (Å²) in [7, 11) is 1.87. The molecular weight excluding hydrogens is 206 g/mol. The van der Waals surface area contributed by atoms with Crippen LogP contribution in [0, 0.1) is 5.92 Å². The highest BCUT2D eigenvalue weighted by molar-refractivity contribution is 5.94. The zero-order valence-electron chi connectivity index (χ0n) is 9.78. The highest BCUT2D eigenvalue weighted by atomic mass is 16.7. The third kappa shape index (κ3) is 1.33. The van der Waals surface area contributed by atoms with Crippen LogP contribution in [-0.4, -0.2) is 43.4 Å². The minimum absolute atomic E-state index is 0.154. The Bertz CT molecular complexity index is 368. The first-order valence-electron chi connectivity index (χ1n) is 5.84. The molecule has 1 saturated carbocycles. The van der Waals surface area contributed by atoms with Crippen molar-refractivity contribution in [2.75, 3.05) is 26.8 Å². The Morgan fingerprint density at radius 3 is 2.75 bits per heavy atom. The van der Waals surface area contributed by atoms with Gasteiger partial charge in [0.05, 0.1) is 13.2 Å². The number of hydrogen-bond donors (Lipinski definition) is 0. The van der Waals surface area contributed by atoms with E-state index < -0.39 is 5.79 Å². The molecule has 0 radical (unpaired) electrons. The largest absolute Gasteiger partial charge is 0.347 e. The Hall–Kier alpha value is -0.870. The molecule has 0 aromatic heterocycles. The predicted molar refractivity (Wildman–Crippen MR) is 57.7 cm³/mol. The third-order valence-electron chi connectivity index (χ3n) is 3.97. The van der Waals surface area contributed by atoms with E-state index >= 15 is 0 Å². The first-order valence-corrected chi connectivity index (χ1v) is 5.84. The van der Waals surface area contributed by atoms with Crippen LogP contribution in [0.4, 0.5) is 0 Å². The maximum atomic E-state index is 11.9. The Kier molecular flexibility index (Phi) is 2.13. The third-order valence-corrected chi connectivity index (χ3v) is 3.97. The second-order valence-electron chi connectivity index (χ2n) is 5.02. The lowest BCUT2D eigenvalue weighted by atomic mass is 9.93. The molecule has 1 amide bonds. The first-order chi connectivity index (χ1) is 7.61. The molecule has 3 aliphatic rings. The minimum atomic E-state index is -0.410. The number of ether oxygens (including phenoxy) is 2. The maximum absolute atomic E-state index is 11.9. The number of carbonyl (C=O) groups is 1. The molecule has 0 aromatic rings. The van der Waals surface area contributed by atoms with E-state index in [2.05, 4.69) is 0 Å². The summed E-state index contributed by atoms with van der Waals surface area (Å²) in [6, 6.07) is 0. The van der Waals surface area contributed by atoms with Crippen LogP contribution in [0.5, 0.6) is 0 Å². The van der Waals surface area contributed by atoms with Crippen molar-refractivity contribution in [3.05, 3.63) is 11.1 Å². The normalized spacial score (nSPS) is 32.8. The molecule has 4 nitrogen and oxygen atoms in total. The number of nitrogens with zero attached hydrogens (tertiary/aromatic N) is 1. The average molecular weight is 223 g/mol. The monoisotopic (exact) mass is 223 g/mol. The molecule has 16 heavy (non-hydrogen) atoms. The van der Waals surface area contributed by atoms with Gasteiger partial charge in [-0.3, -0.25) is 4.79 Å². The van der Waals surface area contributed by atoms with Crippen LogP contribution >= 0.6 is 0 Å². The van der Waals surface area contributed by atoms with Gasteiger partial charge in [0.1, 0.15) is 0 Å². The van der Waals surface area contributed by atoms with E-state index in [4.69, 9.17) is 9.47 Å². The highest BCUT2D eigenvalue weighted by Gasteiger charge is 2.49. The van der Waals surface area contributed by atoms with Crippen LogP contribution < -0.4 is 0 Å². The van der Waals surface area contributed by atoms with E-state index in [1.165, 1.54) is 5.57 Å². The number of amides is 1. The molecule has 1 unspecified atom stereocenters. The molecule has 1 aliphatic carbocycles. The molecule has 3 rings (SSSR count). The van der Waals surface area contributed by atoms with Crippen LogP contribution in [0.15, 0.2) is 11.1 Å². The second kappa shape index (κ2) is 3.31. The van der Waals surface area contributed by atoms with Crippen molar-refractivity contribution in [1.82, 2.24) is 4.90 Å². The molecule has 2 aliphatic heterocycles. The molecule has 2 fully saturated rings. The standard InChI is InChI=1S/C12H17NO3/c1-8-10-6-12(15-3-4-16-12)5-9(10)7-13(2)11(8)14/h9H,3-7H2,1-2H3. The molecule has 0 N–H and O–H groups in total. The van der Waals surface area contributed by atoms with Crippen molar-refractivity contribution in [2.24, 2.45) is 5.92 Å². The zero-order valence-corrected chi connectivity index (χ0v) is 9.78. The van der Waals surface area contributed by atoms with Crippen LogP contribution in [0.2, 0.25) is 0 Å². The lowest BCUT2D eigenvalue weighted by Crippen LogP contribution is -2.37. The minimum Gasteiger partial charge on any atom is -0.347 e. The number of likely N-dealkylation sites (N-methyl/N-ethyl adjacent to an activating group) is 1. The van der Waals surface area contributed by atoms with Gasteiger partial charge in [-0.2, -0.15) is 0 Å². The van der Waals surface area contributed by atoms with Gasteiger partial charge in [0.15, 0.2) is 5.79 Å². The molecule has 2 heterocycles. The summed E-state index contributed by atoms with van der Waals surface area (Å²) in [5, 5.41) is 0. The first kappa shape index (κ1) is 10.3.